The number of hydrogen-bond donors (Lipinski definition) is 1. The number of ether oxygens (including phenoxy) is 1. The van der Waals surface area contributed by atoms with Crippen molar-refractivity contribution >= 4 is 28.6 Å². The van der Waals surface area contributed by atoms with E-state index in [-0.39, 0.29) is 0 Å². The summed E-state index contributed by atoms with van der Waals surface area (Å²) in [6.07, 6.45) is 3.12. The SMILES string of the molecule is CCOC(=O)Nc1cccc(-c2coc3cc(-c4ccc(N5CCN(C)CC5)cc4)cnc23)c1. The lowest BCUT2D eigenvalue weighted by Gasteiger charge is -2.34. The summed E-state index contributed by atoms with van der Waals surface area (Å²) in [5, 5.41) is 2.74. The van der Waals surface area contributed by atoms with Crippen LogP contribution in [0.15, 0.2) is 71.5 Å². The minimum Gasteiger partial charge on any atom is -0.462 e. The number of pyridine rings is 1. The molecule has 1 aliphatic rings. The minimum atomic E-state index is -0.474. The molecule has 0 unspecified atom stereocenters. The first-order chi connectivity index (χ1) is 16.6. The van der Waals surface area contributed by atoms with E-state index in [9.17, 15) is 4.79 Å². The smallest absolute Gasteiger partial charge is 0.411 e. The van der Waals surface area contributed by atoms with Crippen LogP contribution in [0.25, 0.3) is 33.4 Å². The Morgan fingerprint density at radius 2 is 1.82 bits per heavy atom. The van der Waals surface area contributed by atoms with Gasteiger partial charge in [0.15, 0.2) is 5.58 Å². The standard InChI is InChI=1S/C27H28N4O3/c1-3-33-27(32)29-22-6-4-5-20(15-22)24-18-34-25-16-21(17-28-26(24)25)19-7-9-23(10-8-19)31-13-11-30(2)12-14-31/h4-10,15-18H,3,11-14H2,1-2H3,(H,29,32). The number of aromatic nitrogens is 1. The predicted molar refractivity (Wildman–Crippen MR) is 135 cm³/mol. The van der Waals surface area contributed by atoms with Gasteiger partial charge in [-0.05, 0) is 55.4 Å². The van der Waals surface area contributed by atoms with Gasteiger partial charge < -0.3 is 19.0 Å². The number of nitrogens with one attached hydrogen (secondary N) is 1. The van der Waals surface area contributed by atoms with E-state index in [1.807, 2.05) is 36.5 Å². The van der Waals surface area contributed by atoms with E-state index >= 15 is 0 Å². The summed E-state index contributed by atoms with van der Waals surface area (Å²) >= 11 is 0. The van der Waals surface area contributed by atoms with Gasteiger partial charge in [0, 0.05) is 54.9 Å². The lowest BCUT2D eigenvalue weighted by Crippen LogP contribution is -2.44. The Balaban J connectivity index is 1.36. The highest BCUT2D eigenvalue weighted by Crippen LogP contribution is 2.33. The number of hydrogen-bond acceptors (Lipinski definition) is 6. The topological polar surface area (TPSA) is 70.8 Å². The molecule has 1 amide bonds. The van der Waals surface area contributed by atoms with Gasteiger partial charge in [0.1, 0.15) is 11.8 Å². The van der Waals surface area contributed by atoms with Crippen molar-refractivity contribution in [1.29, 1.82) is 0 Å². The molecule has 0 aliphatic carbocycles. The molecule has 0 bridgehead atoms. The van der Waals surface area contributed by atoms with E-state index in [2.05, 4.69) is 46.4 Å². The largest absolute Gasteiger partial charge is 0.462 e. The molecule has 1 saturated heterocycles. The monoisotopic (exact) mass is 456 g/mol. The Kier molecular flexibility index (Phi) is 6.18. The summed E-state index contributed by atoms with van der Waals surface area (Å²) in [6, 6.07) is 18.2. The molecule has 2 aromatic heterocycles. The molecule has 0 saturated carbocycles. The second-order valence-electron chi connectivity index (χ2n) is 8.48. The molecule has 2 aromatic carbocycles. The first-order valence-corrected chi connectivity index (χ1v) is 11.6. The van der Waals surface area contributed by atoms with Crippen molar-refractivity contribution in [2.45, 2.75) is 6.92 Å². The van der Waals surface area contributed by atoms with Gasteiger partial charge in [-0.15, -0.1) is 0 Å². The van der Waals surface area contributed by atoms with Crippen molar-refractivity contribution in [2.75, 3.05) is 50.1 Å². The minimum absolute atomic E-state index is 0.322. The summed E-state index contributed by atoms with van der Waals surface area (Å²) in [4.78, 5) is 21.2. The van der Waals surface area contributed by atoms with Gasteiger partial charge >= 0.3 is 6.09 Å². The molecule has 0 atom stereocenters. The second-order valence-corrected chi connectivity index (χ2v) is 8.48. The molecule has 1 aliphatic heterocycles. The molecule has 7 heteroatoms. The van der Waals surface area contributed by atoms with Crippen molar-refractivity contribution in [3.63, 3.8) is 0 Å². The van der Waals surface area contributed by atoms with Crippen LogP contribution in [0.1, 0.15) is 6.92 Å². The van der Waals surface area contributed by atoms with Crippen molar-refractivity contribution in [3.8, 4) is 22.3 Å². The highest BCUT2D eigenvalue weighted by Gasteiger charge is 2.15. The summed E-state index contributed by atoms with van der Waals surface area (Å²) in [5.74, 6) is 0. The molecule has 7 nitrogen and oxygen atoms in total. The number of anilines is 2. The maximum atomic E-state index is 11.8. The molecule has 174 valence electrons. The quantitative estimate of drug-likeness (QED) is 0.429. The maximum absolute atomic E-state index is 11.8. The van der Waals surface area contributed by atoms with E-state index < -0.39 is 6.09 Å². The van der Waals surface area contributed by atoms with Crippen molar-refractivity contribution < 1.29 is 13.9 Å². The number of nitrogens with zero attached hydrogens (tertiary/aromatic N) is 3. The van der Waals surface area contributed by atoms with Crippen LogP contribution >= 0.6 is 0 Å². The normalized spacial score (nSPS) is 14.4. The average Bonchev–Trinajstić information content (AvgIpc) is 3.28. The molecule has 0 radical (unpaired) electrons. The van der Waals surface area contributed by atoms with Crippen molar-refractivity contribution in [3.05, 3.63) is 67.1 Å². The van der Waals surface area contributed by atoms with Gasteiger partial charge in [0.05, 0.1) is 6.61 Å². The second kappa shape index (κ2) is 9.57. The average molecular weight is 457 g/mol. The number of piperazine rings is 1. The fourth-order valence-electron chi connectivity index (χ4n) is 4.26. The molecular weight excluding hydrogens is 428 g/mol. The fraction of sp³-hybridized carbons (Fsp3) is 0.259. The third kappa shape index (κ3) is 4.61. The number of furan rings is 1. The molecule has 34 heavy (non-hydrogen) atoms. The van der Waals surface area contributed by atoms with E-state index in [0.717, 1.165) is 59.5 Å². The van der Waals surface area contributed by atoms with Crippen LogP contribution in [-0.2, 0) is 4.74 Å². The van der Waals surface area contributed by atoms with E-state index in [1.54, 1.807) is 13.2 Å². The first-order valence-electron chi connectivity index (χ1n) is 11.6. The Morgan fingerprint density at radius 3 is 2.59 bits per heavy atom. The van der Waals surface area contributed by atoms with Gasteiger partial charge in [-0.1, -0.05) is 24.3 Å². The third-order valence-corrected chi connectivity index (χ3v) is 6.18. The molecule has 5 rings (SSSR count). The molecule has 1 fully saturated rings. The van der Waals surface area contributed by atoms with Crippen LogP contribution in [0.3, 0.4) is 0 Å². The summed E-state index contributed by atoms with van der Waals surface area (Å²) < 4.78 is 10.8. The highest BCUT2D eigenvalue weighted by molar-refractivity contribution is 5.94. The maximum Gasteiger partial charge on any atom is 0.411 e. The summed E-state index contributed by atoms with van der Waals surface area (Å²) in [5.41, 5.74) is 7.31. The van der Waals surface area contributed by atoms with Crippen LogP contribution in [0.2, 0.25) is 0 Å². The Morgan fingerprint density at radius 1 is 1.03 bits per heavy atom. The van der Waals surface area contributed by atoms with Crippen molar-refractivity contribution in [1.82, 2.24) is 9.88 Å². The lowest BCUT2D eigenvalue weighted by atomic mass is 10.0. The van der Waals surface area contributed by atoms with Gasteiger partial charge in [-0.25, -0.2) is 4.79 Å². The Labute approximate surface area is 198 Å². The highest BCUT2D eigenvalue weighted by atomic mass is 16.5. The van der Waals surface area contributed by atoms with E-state index in [4.69, 9.17) is 14.1 Å². The van der Waals surface area contributed by atoms with Crippen LogP contribution in [0, 0.1) is 0 Å². The van der Waals surface area contributed by atoms with Crippen LogP contribution < -0.4 is 10.2 Å². The van der Waals surface area contributed by atoms with Gasteiger partial charge in [-0.3, -0.25) is 10.3 Å². The predicted octanol–water partition coefficient (Wildman–Crippen LogP) is 5.48. The number of likely N-dealkylation sites (N-methyl/N-ethyl adjacent to an activating group) is 1. The zero-order valence-corrected chi connectivity index (χ0v) is 19.5. The number of carbonyl (C=O) groups is 1. The summed E-state index contributed by atoms with van der Waals surface area (Å²) in [6.45, 7) is 6.37. The number of rotatable bonds is 5. The Bertz CT molecular complexity index is 1290. The van der Waals surface area contributed by atoms with Gasteiger partial charge in [-0.2, -0.15) is 0 Å². The number of benzene rings is 2. The summed E-state index contributed by atoms with van der Waals surface area (Å²) in [7, 11) is 2.17. The molecule has 0 spiro atoms. The first kappa shape index (κ1) is 22.0. The van der Waals surface area contributed by atoms with Gasteiger partial charge in [0.25, 0.3) is 0 Å². The van der Waals surface area contributed by atoms with E-state index in [1.165, 1.54) is 5.69 Å². The van der Waals surface area contributed by atoms with Crippen LogP contribution in [0.5, 0.6) is 0 Å². The zero-order valence-electron chi connectivity index (χ0n) is 19.5. The van der Waals surface area contributed by atoms with Crippen molar-refractivity contribution in [2.24, 2.45) is 0 Å². The van der Waals surface area contributed by atoms with E-state index in [0.29, 0.717) is 12.3 Å². The molecule has 3 heterocycles. The fourth-order valence-corrected chi connectivity index (χ4v) is 4.26. The number of fused-ring (bicyclic) bond motifs is 1. The molecule has 4 aromatic rings. The number of carbonyl (C=O) groups excluding carboxylic acids is 1. The Hall–Kier alpha value is -3.84. The lowest BCUT2D eigenvalue weighted by molar-refractivity contribution is 0.168. The van der Waals surface area contributed by atoms with Gasteiger partial charge in [0.2, 0.25) is 0 Å². The molecule has 1 N–H and O–H groups in total. The molecular formula is C27H28N4O3. The third-order valence-electron chi connectivity index (χ3n) is 6.18. The zero-order chi connectivity index (χ0) is 23.5. The number of amides is 1. The van der Waals surface area contributed by atoms with Crippen LogP contribution in [-0.4, -0.2) is 55.8 Å². The van der Waals surface area contributed by atoms with Crippen LogP contribution in [0.4, 0.5) is 16.2 Å².